The molecule has 0 bridgehead atoms. The summed E-state index contributed by atoms with van der Waals surface area (Å²) in [6.07, 6.45) is 1.75. The van der Waals surface area contributed by atoms with E-state index in [1.807, 2.05) is 19.1 Å². The Labute approximate surface area is 113 Å². The second-order valence-corrected chi connectivity index (χ2v) is 4.51. The van der Waals surface area contributed by atoms with Gasteiger partial charge in [0.1, 0.15) is 17.2 Å². The summed E-state index contributed by atoms with van der Waals surface area (Å²) < 4.78 is 5.57. The van der Waals surface area contributed by atoms with Crippen LogP contribution in [0.15, 0.2) is 22.7 Å². The molecule has 5 nitrogen and oxygen atoms in total. The molecule has 0 atom stereocenters. The van der Waals surface area contributed by atoms with E-state index in [-0.39, 0.29) is 6.61 Å². The number of nitrogens with zero attached hydrogens (tertiary/aromatic N) is 2. The first-order valence-corrected chi connectivity index (χ1v) is 6.66. The molecule has 0 spiro atoms. The molecule has 0 aliphatic heterocycles. The van der Waals surface area contributed by atoms with Gasteiger partial charge in [-0.3, -0.25) is 4.90 Å². The fourth-order valence-electron chi connectivity index (χ4n) is 2.13. The molecule has 0 aromatic carbocycles. The minimum absolute atomic E-state index is 0.197. The van der Waals surface area contributed by atoms with Crippen LogP contribution in [0.3, 0.4) is 0 Å². The summed E-state index contributed by atoms with van der Waals surface area (Å²) in [4.78, 5) is 6.54. The SMILES string of the molecule is CCN(CCO)CCNc1nccc2oc(C)cc12. The highest BCUT2D eigenvalue weighted by Gasteiger charge is 2.07. The number of anilines is 1. The third-order valence-corrected chi connectivity index (χ3v) is 3.15. The average Bonchev–Trinajstić information content (AvgIpc) is 2.78. The fourth-order valence-corrected chi connectivity index (χ4v) is 2.13. The molecule has 0 saturated carbocycles. The van der Waals surface area contributed by atoms with Crippen LogP contribution >= 0.6 is 0 Å². The quantitative estimate of drug-likeness (QED) is 0.798. The first-order chi connectivity index (χ1) is 9.24. The average molecular weight is 263 g/mol. The molecule has 2 rings (SSSR count). The molecule has 0 radical (unpaired) electrons. The number of hydrogen-bond acceptors (Lipinski definition) is 5. The number of hydrogen-bond donors (Lipinski definition) is 2. The summed E-state index contributed by atoms with van der Waals surface area (Å²) in [6.45, 7) is 7.54. The highest BCUT2D eigenvalue weighted by molar-refractivity contribution is 5.88. The normalized spacial score (nSPS) is 11.4. The van der Waals surface area contributed by atoms with Gasteiger partial charge in [0, 0.05) is 25.8 Å². The van der Waals surface area contributed by atoms with Gasteiger partial charge in [-0.15, -0.1) is 0 Å². The maximum Gasteiger partial charge on any atom is 0.139 e. The number of aryl methyl sites for hydroxylation is 1. The Morgan fingerprint density at radius 2 is 2.26 bits per heavy atom. The van der Waals surface area contributed by atoms with Crippen LogP contribution in [0, 0.1) is 6.92 Å². The van der Waals surface area contributed by atoms with E-state index in [0.717, 1.165) is 42.2 Å². The Morgan fingerprint density at radius 3 is 3.00 bits per heavy atom. The Bertz CT molecular complexity index is 524. The van der Waals surface area contributed by atoms with Crippen molar-refractivity contribution in [2.75, 3.05) is 38.1 Å². The van der Waals surface area contributed by atoms with Gasteiger partial charge in [0.25, 0.3) is 0 Å². The van der Waals surface area contributed by atoms with Gasteiger partial charge in [-0.2, -0.15) is 0 Å². The van der Waals surface area contributed by atoms with Crippen molar-refractivity contribution in [3.8, 4) is 0 Å². The van der Waals surface area contributed by atoms with Crippen LogP contribution in [0.1, 0.15) is 12.7 Å². The minimum Gasteiger partial charge on any atom is -0.461 e. The molecule has 0 unspecified atom stereocenters. The van der Waals surface area contributed by atoms with Crippen molar-refractivity contribution in [1.82, 2.24) is 9.88 Å². The van der Waals surface area contributed by atoms with Gasteiger partial charge in [-0.1, -0.05) is 6.92 Å². The molecule has 104 valence electrons. The molecule has 2 aromatic rings. The van der Waals surface area contributed by atoms with Crippen LogP contribution < -0.4 is 5.32 Å². The van der Waals surface area contributed by atoms with E-state index >= 15 is 0 Å². The maximum absolute atomic E-state index is 8.94. The van der Waals surface area contributed by atoms with Crippen molar-refractivity contribution in [3.63, 3.8) is 0 Å². The van der Waals surface area contributed by atoms with E-state index in [2.05, 4.69) is 22.1 Å². The standard InChI is InChI=1S/C14H21N3O2/c1-3-17(8-9-18)7-6-16-14-12-10-11(2)19-13(12)4-5-15-14/h4-5,10,18H,3,6-9H2,1-2H3,(H,15,16). The van der Waals surface area contributed by atoms with Crippen LogP contribution in [0.4, 0.5) is 5.82 Å². The number of fused-ring (bicyclic) bond motifs is 1. The van der Waals surface area contributed by atoms with E-state index in [1.54, 1.807) is 6.20 Å². The summed E-state index contributed by atoms with van der Waals surface area (Å²) in [5.74, 6) is 1.75. The molecule has 0 fully saturated rings. The molecule has 2 aromatic heterocycles. The number of nitrogens with one attached hydrogen (secondary N) is 1. The van der Waals surface area contributed by atoms with Crippen molar-refractivity contribution < 1.29 is 9.52 Å². The van der Waals surface area contributed by atoms with Crippen molar-refractivity contribution in [1.29, 1.82) is 0 Å². The van der Waals surface area contributed by atoms with Gasteiger partial charge in [-0.05, 0) is 25.6 Å². The van der Waals surface area contributed by atoms with Gasteiger partial charge in [0.2, 0.25) is 0 Å². The summed E-state index contributed by atoms with van der Waals surface area (Å²) in [5.41, 5.74) is 0.859. The highest BCUT2D eigenvalue weighted by atomic mass is 16.3. The second kappa shape index (κ2) is 6.54. The summed E-state index contributed by atoms with van der Waals surface area (Å²) in [6, 6.07) is 3.87. The van der Waals surface area contributed by atoms with Gasteiger partial charge >= 0.3 is 0 Å². The predicted molar refractivity (Wildman–Crippen MR) is 76.4 cm³/mol. The first-order valence-electron chi connectivity index (χ1n) is 6.66. The topological polar surface area (TPSA) is 61.5 Å². The third kappa shape index (κ3) is 3.45. The zero-order valence-corrected chi connectivity index (χ0v) is 11.5. The molecule has 19 heavy (non-hydrogen) atoms. The molecular formula is C14H21N3O2. The lowest BCUT2D eigenvalue weighted by Crippen LogP contribution is -2.31. The van der Waals surface area contributed by atoms with Crippen LogP contribution in [0.25, 0.3) is 11.0 Å². The van der Waals surface area contributed by atoms with Gasteiger partial charge < -0.3 is 14.8 Å². The van der Waals surface area contributed by atoms with Crippen molar-refractivity contribution in [2.45, 2.75) is 13.8 Å². The lowest BCUT2D eigenvalue weighted by atomic mass is 10.3. The minimum atomic E-state index is 0.197. The Morgan fingerprint density at radius 1 is 1.42 bits per heavy atom. The highest BCUT2D eigenvalue weighted by Crippen LogP contribution is 2.24. The number of rotatable bonds is 7. The fraction of sp³-hybridized carbons (Fsp3) is 0.500. The van der Waals surface area contributed by atoms with Crippen molar-refractivity contribution in [3.05, 3.63) is 24.1 Å². The second-order valence-electron chi connectivity index (χ2n) is 4.51. The molecule has 0 amide bonds. The monoisotopic (exact) mass is 263 g/mol. The largest absolute Gasteiger partial charge is 0.461 e. The molecule has 2 N–H and O–H groups in total. The number of pyridine rings is 1. The number of aliphatic hydroxyl groups excluding tert-OH is 1. The van der Waals surface area contributed by atoms with Gasteiger partial charge in [0.15, 0.2) is 0 Å². The van der Waals surface area contributed by atoms with Gasteiger partial charge in [0.05, 0.1) is 12.0 Å². The molecule has 0 aliphatic rings. The number of aliphatic hydroxyl groups is 1. The van der Waals surface area contributed by atoms with Gasteiger partial charge in [-0.25, -0.2) is 4.98 Å². The first kappa shape index (κ1) is 13.8. The predicted octanol–water partition coefficient (Wildman–Crippen LogP) is 1.86. The molecule has 5 heteroatoms. The smallest absolute Gasteiger partial charge is 0.139 e. The molecule has 2 heterocycles. The number of likely N-dealkylation sites (N-methyl/N-ethyl adjacent to an activating group) is 1. The Balaban J connectivity index is 1.97. The molecule has 0 aliphatic carbocycles. The van der Waals surface area contributed by atoms with E-state index in [4.69, 9.17) is 9.52 Å². The van der Waals surface area contributed by atoms with Crippen LogP contribution in [0.2, 0.25) is 0 Å². The lowest BCUT2D eigenvalue weighted by Gasteiger charge is -2.19. The van der Waals surface area contributed by atoms with Crippen LogP contribution in [-0.4, -0.2) is 47.8 Å². The van der Waals surface area contributed by atoms with Crippen LogP contribution in [0.5, 0.6) is 0 Å². The molecule has 0 saturated heterocycles. The third-order valence-electron chi connectivity index (χ3n) is 3.15. The number of aromatic nitrogens is 1. The van der Waals surface area contributed by atoms with E-state index < -0.39 is 0 Å². The van der Waals surface area contributed by atoms with E-state index in [0.29, 0.717) is 6.54 Å². The van der Waals surface area contributed by atoms with Crippen molar-refractivity contribution in [2.24, 2.45) is 0 Å². The van der Waals surface area contributed by atoms with Crippen LogP contribution in [-0.2, 0) is 0 Å². The summed E-state index contributed by atoms with van der Waals surface area (Å²) in [5, 5.41) is 13.3. The molecular weight excluding hydrogens is 242 g/mol. The zero-order valence-electron chi connectivity index (χ0n) is 11.5. The maximum atomic E-state index is 8.94. The lowest BCUT2D eigenvalue weighted by molar-refractivity contribution is 0.206. The zero-order chi connectivity index (χ0) is 13.7. The summed E-state index contributed by atoms with van der Waals surface area (Å²) in [7, 11) is 0. The van der Waals surface area contributed by atoms with Crippen molar-refractivity contribution >= 4 is 16.8 Å². The Kier molecular flexibility index (Phi) is 4.76. The summed E-state index contributed by atoms with van der Waals surface area (Å²) >= 11 is 0. The number of furan rings is 1. The van der Waals surface area contributed by atoms with E-state index in [9.17, 15) is 0 Å². The van der Waals surface area contributed by atoms with E-state index in [1.165, 1.54) is 0 Å². The Hall–Kier alpha value is -1.59.